The zero-order chi connectivity index (χ0) is 22.2. The van der Waals surface area contributed by atoms with Crippen molar-refractivity contribution in [3.05, 3.63) is 30.2 Å². The van der Waals surface area contributed by atoms with Gasteiger partial charge in [-0.2, -0.15) is 13.2 Å². The summed E-state index contributed by atoms with van der Waals surface area (Å²) in [6.45, 7) is 7.31. The predicted molar refractivity (Wildman–Crippen MR) is 111 cm³/mol. The number of aryl methyl sites for hydroxylation is 1. The number of hydrogen-bond donors (Lipinski definition) is 0. The van der Waals surface area contributed by atoms with Crippen LogP contribution in [0.5, 0.6) is 0 Å². The van der Waals surface area contributed by atoms with Gasteiger partial charge in [0.1, 0.15) is 11.4 Å². The summed E-state index contributed by atoms with van der Waals surface area (Å²) in [7, 11) is 1.71. The van der Waals surface area contributed by atoms with E-state index in [1.54, 1.807) is 22.7 Å². The van der Waals surface area contributed by atoms with Crippen molar-refractivity contribution < 1.29 is 18.0 Å². The van der Waals surface area contributed by atoms with Gasteiger partial charge in [0, 0.05) is 24.9 Å². The molecule has 10 heteroatoms. The zero-order valence-electron chi connectivity index (χ0n) is 17.3. The lowest BCUT2D eigenvalue weighted by Crippen LogP contribution is -2.35. The molecule has 0 saturated carbocycles. The Morgan fingerprint density at radius 1 is 1.23 bits per heavy atom. The minimum atomic E-state index is -4.54. The zero-order valence-corrected chi connectivity index (χ0v) is 18.1. The van der Waals surface area contributed by atoms with Crippen LogP contribution in [-0.4, -0.2) is 37.2 Å². The lowest BCUT2D eigenvalue weighted by molar-refractivity contribution is -0.141. The van der Waals surface area contributed by atoms with Crippen molar-refractivity contribution in [3.63, 3.8) is 0 Å². The summed E-state index contributed by atoms with van der Waals surface area (Å²) in [5, 5.41) is 0. The van der Waals surface area contributed by atoms with Crippen LogP contribution in [0, 0.1) is 0 Å². The Hall–Kier alpha value is -2.62. The van der Waals surface area contributed by atoms with E-state index in [4.69, 9.17) is 0 Å². The lowest BCUT2D eigenvalue weighted by atomic mass is 10.2. The molecular formula is C20H22F3N5OS. The van der Waals surface area contributed by atoms with Crippen LogP contribution in [0.2, 0.25) is 0 Å². The third-order valence-electron chi connectivity index (χ3n) is 4.54. The molecule has 3 aromatic heterocycles. The first-order valence-electron chi connectivity index (χ1n) is 9.37. The molecule has 0 radical (unpaired) electrons. The number of hydrogen-bond acceptors (Lipinski definition) is 5. The average Bonchev–Trinajstić information content (AvgIpc) is 2.97. The van der Waals surface area contributed by atoms with E-state index in [0.717, 1.165) is 16.7 Å². The molecule has 0 aromatic carbocycles. The number of aromatic nitrogens is 4. The Balaban J connectivity index is 2.16. The molecular weight excluding hydrogens is 415 g/mol. The van der Waals surface area contributed by atoms with E-state index < -0.39 is 11.9 Å². The van der Waals surface area contributed by atoms with Crippen molar-refractivity contribution in [1.82, 2.24) is 19.5 Å². The first-order valence-corrected chi connectivity index (χ1v) is 10.4. The fourth-order valence-electron chi connectivity index (χ4n) is 3.30. The van der Waals surface area contributed by atoms with Crippen molar-refractivity contribution in [3.8, 4) is 11.5 Å². The number of nitrogens with zero attached hydrogens (tertiary/aromatic N) is 5. The van der Waals surface area contributed by atoms with E-state index in [9.17, 15) is 18.0 Å². The molecule has 0 saturated heterocycles. The van der Waals surface area contributed by atoms with Gasteiger partial charge in [-0.05, 0) is 31.7 Å². The number of thioether (sulfide) groups is 1. The van der Waals surface area contributed by atoms with Crippen molar-refractivity contribution in [2.75, 3.05) is 10.7 Å². The normalized spacial score (nSPS) is 12.0. The maximum atomic E-state index is 13.0. The number of halogens is 3. The first-order chi connectivity index (χ1) is 14.0. The van der Waals surface area contributed by atoms with E-state index in [0.29, 0.717) is 22.7 Å². The third-order valence-corrected chi connectivity index (χ3v) is 5.45. The number of rotatable bonds is 5. The van der Waals surface area contributed by atoms with Gasteiger partial charge in [-0.1, -0.05) is 6.92 Å². The number of pyridine rings is 2. The number of alkyl halides is 3. The second-order valence-electron chi connectivity index (χ2n) is 7.01. The highest BCUT2D eigenvalue weighted by Gasteiger charge is 2.33. The van der Waals surface area contributed by atoms with Crippen molar-refractivity contribution in [2.24, 2.45) is 7.05 Å². The monoisotopic (exact) mass is 437 g/mol. The van der Waals surface area contributed by atoms with Crippen LogP contribution in [0.25, 0.3) is 22.6 Å². The summed E-state index contributed by atoms with van der Waals surface area (Å²) >= 11 is 1.53. The molecule has 0 aliphatic heterocycles. The van der Waals surface area contributed by atoms with Crippen LogP contribution in [0.15, 0.2) is 29.4 Å². The first kappa shape index (κ1) is 22.1. The largest absolute Gasteiger partial charge is 0.433 e. The summed E-state index contributed by atoms with van der Waals surface area (Å²) in [6.07, 6.45) is -1.77. The number of amides is 1. The Kier molecular flexibility index (Phi) is 6.07. The number of carbonyl (C=O) groups is 1. The maximum Gasteiger partial charge on any atom is 0.433 e. The molecule has 3 aromatic rings. The minimum absolute atomic E-state index is 0.0442. The van der Waals surface area contributed by atoms with Gasteiger partial charge in [0.25, 0.3) is 0 Å². The standard InChI is InChI=1S/C20H22F3N5OS/c1-6-30-16-7-13(28(11(2)3)12(4)29)9-25-18(16)19-26-14-8-17(20(21,22)23)24-10-15(14)27(19)5/h7-11H,6H2,1-5H3. The highest BCUT2D eigenvalue weighted by molar-refractivity contribution is 7.99. The van der Waals surface area contributed by atoms with Gasteiger partial charge in [0.15, 0.2) is 5.82 Å². The van der Waals surface area contributed by atoms with Crippen LogP contribution in [0.1, 0.15) is 33.4 Å². The van der Waals surface area contributed by atoms with Crippen LogP contribution >= 0.6 is 11.8 Å². The molecule has 0 fully saturated rings. The van der Waals surface area contributed by atoms with Gasteiger partial charge in [0.05, 0.1) is 29.1 Å². The van der Waals surface area contributed by atoms with E-state index in [1.807, 2.05) is 26.8 Å². The number of fused-ring (bicyclic) bond motifs is 1. The minimum Gasteiger partial charge on any atom is -0.325 e. The fourth-order valence-corrected chi connectivity index (χ4v) is 4.09. The third kappa shape index (κ3) is 4.14. The average molecular weight is 437 g/mol. The fraction of sp³-hybridized carbons (Fsp3) is 0.400. The van der Waals surface area contributed by atoms with Crippen LogP contribution in [-0.2, 0) is 18.0 Å². The van der Waals surface area contributed by atoms with E-state index in [1.165, 1.54) is 24.9 Å². The second-order valence-corrected chi connectivity index (χ2v) is 8.31. The molecule has 1 amide bonds. The van der Waals surface area contributed by atoms with Crippen LogP contribution in [0.3, 0.4) is 0 Å². The molecule has 0 N–H and O–H groups in total. The number of anilines is 1. The maximum absolute atomic E-state index is 13.0. The molecule has 6 nitrogen and oxygen atoms in total. The summed E-state index contributed by atoms with van der Waals surface area (Å²) in [4.78, 5) is 27.0. The number of imidazole rings is 1. The van der Waals surface area contributed by atoms with Gasteiger partial charge < -0.3 is 9.47 Å². The Labute approximate surface area is 176 Å². The van der Waals surface area contributed by atoms with Crippen molar-refractivity contribution in [2.45, 2.75) is 44.8 Å². The summed E-state index contributed by atoms with van der Waals surface area (Å²) in [5.74, 6) is 1.09. The lowest BCUT2D eigenvalue weighted by Gasteiger charge is -2.26. The SMILES string of the molecule is CCSc1cc(N(C(C)=O)C(C)C)cnc1-c1nc2cc(C(F)(F)F)ncc2n1C. The summed E-state index contributed by atoms with van der Waals surface area (Å²) in [5.41, 5.74) is 0.895. The molecule has 3 rings (SSSR count). The smallest absolute Gasteiger partial charge is 0.325 e. The predicted octanol–water partition coefficient (Wildman–Crippen LogP) is 4.92. The molecule has 30 heavy (non-hydrogen) atoms. The molecule has 0 spiro atoms. The van der Waals surface area contributed by atoms with E-state index in [-0.39, 0.29) is 17.5 Å². The van der Waals surface area contributed by atoms with Crippen LogP contribution < -0.4 is 4.90 Å². The van der Waals surface area contributed by atoms with Gasteiger partial charge >= 0.3 is 6.18 Å². The highest BCUT2D eigenvalue weighted by Crippen LogP contribution is 2.35. The molecule has 0 bridgehead atoms. The second kappa shape index (κ2) is 8.25. The highest BCUT2D eigenvalue weighted by atomic mass is 32.2. The summed E-state index contributed by atoms with van der Waals surface area (Å²) < 4.78 is 40.7. The molecule has 160 valence electrons. The molecule has 0 unspecified atom stereocenters. The molecule has 0 aliphatic carbocycles. The van der Waals surface area contributed by atoms with Crippen LogP contribution in [0.4, 0.5) is 18.9 Å². The van der Waals surface area contributed by atoms with Gasteiger partial charge in [-0.3, -0.25) is 4.79 Å². The molecule has 0 atom stereocenters. The Bertz CT molecular complexity index is 1090. The Morgan fingerprint density at radius 3 is 2.50 bits per heavy atom. The summed E-state index contributed by atoms with van der Waals surface area (Å²) in [6, 6.07) is 2.77. The quantitative estimate of drug-likeness (QED) is 0.530. The Morgan fingerprint density at radius 2 is 1.93 bits per heavy atom. The molecule has 3 heterocycles. The van der Waals surface area contributed by atoms with E-state index >= 15 is 0 Å². The topological polar surface area (TPSA) is 63.9 Å². The van der Waals surface area contributed by atoms with Gasteiger partial charge in [0.2, 0.25) is 5.91 Å². The molecule has 0 aliphatic rings. The van der Waals surface area contributed by atoms with Crippen molar-refractivity contribution in [1.29, 1.82) is 0 Å². The number of carbonyl (C=O) groups excluding carboxylic acids is 1. The van der Waals surface area contributed by atoms with E-state index in [2.05, 4.69) is 15.0 Å². The van der Waals surface area contributed by atoms with Gasteiger partial charge in [-0.25, -0.2) is 15.0 Å². The van der Waals surface area contributed by atoms with Gasteiger partial charge in [-0.15, -0.1) is 11.8 Å². The van der Waals surface area contributed by atoms with Crippen molar-refractivity contribution >= 4 is 34.4 Å².